The minimum absolute atomic E-state index is 0.163. The van der Waals surface area contributed by atoms with Crippen LogP contribution in [0.2, 0.25) is 0 Å². The summed E-state index contributed by atoms with van der Waals surface area (Å²) in [5.74, 6) is 0. The lowest BCUT2D eigenvalue weighted by atomic mass is 10.1. The molecule has 1 atom stereocenters. The van der Waals surface area contributed by atoms with E-state index in [4.69, 9.17) is 0 Å². The molecule has 0 saturated heterocycles. The summed E-state index contributed by atoms with van der Waals surface area (Å²) in [6.07, 6.45) is -0.617. The number of ether oxygens (including phenoxy) is 1. The molecule has 1 amide bonds. The molecular formula is C10H10INO3. The number of halogens is 1. The SMILES string of the molecule is COC(=O)NC(C(=O)I)c1ccccc1. The van der Waals surface area contributed by atoms with Crippen LogP contribution in [-0.2, 0) is 9.53 Å². The Labute approximate surface area is 101 Å². The van der Waals surface area contributed by atoms with Crippen molar-refractivity contribution in [3.05, 3.63) is 35.9 Å². The van der Waals surface area contributed by atoms with Crippen LogP contribution in [0, 0.1) is 0 Å². The van der Waals surface area contributed by atoms with Gasteiger partial charge in [-0.3, -0.25) is 4.79 Å². The van der Waals surface area contributed by atoms with Crippen LogP contribution >= 0.6 is 22.6 Å². The number of rotatable bonds is 3. The first-order valence-corrected chi connectivity index (χ1v) is 5.32. The maximum absolute atomic E-state index is 11.3. The number of carbonyl (C=O) groups is 2. The summed E-state index contributed by atoms with van der Waals surface area (Å²) in [5, 5.41) is 2.46. The van der Waals surface area contributed by atoms with Gasteiger partial charge in [-0.25, -0.2) is 4.79 Å². The zero-order valence-electron chi connectivity index (χ0n) is 8.07. The second kappa shape index (κ2) is 5.69. The Morgan fingerprint density at radius 1 is 1.33 bits per heavy atom. The van der Waals surface area contributed by atoms with Crippen LogP contribution in [0.3, 0.4) is 0 Å². The van der Waals surface area contributed by atoms with E-state index in [0.29, 0.717) is 0 Å². The topological polar surface area (TPSA) is 55.4 Å². The van der Waals surface area contributed by atoms with E-state index in [1.54, 1.807) is 46.9 Å². The Morgan fingerprint density at radius 2 is 1.93 bits per heavy atom. The zero-order chi connectivity index (χ0) is 11.3. The normalized spacial score (nSPS) is 11.6. The molecule has 0 bridgehead atoms. The summed E-state index contributed by atoms with van der Waals surface area (Å²) in [6, 6.07) is 8.35. The third-order valence-corrected chi connectivity index (χ3v) is 2.43. The van der Waals surface area contributed by atoms with Gasteiger partial charge in [0.05, 0.1) is 7.11 Å². The van der Waals surface area contributed by atoms with Crippen LogP contribution < -0.4 is 5.32 Å². The summed E-state index contributed by atoms with van der Waals surface area (Å²) in [5.41, 5.74) is 0.738. The van der Waals surface area contributed by atoms with Crippen molar-refractivity contribution >= 4 is 32.5 Å². The van der Waals surface area contributed by atoms with Crippen molar-refractivity contribution in [3.63, 3.8) is 0 Å². The first kappa shape index (κ1) is 12.0. The van der Waals surface area contributed by atoms with Gasteiger partial charge in [0.1, 0.15) is 6.04 Å². The van der Waals surface area contributed by atoms with Crippen molar-refractivity contribution in [1.29, 1.82) is 0 Å². The van der Waals surface area contributed by atoms with Gasteiger partial charge in [-0.1, -0.05) is 30.3 Å². The number of methoxy groups -OCH3 is 1. The van der Waals surface area contributed by atoms with Gasteiger partial charge in [-0.15, -0.1) is 0 Å². The highest BCUT2D eigenvalue weighted by Crippen LogP contribution is 2.16. The molecular weight excluding hydrogens is 309 g/mol. The van der Waals surface area contributed by atoms with E-state index in [1.807, 2.05) is 6.07 Å². The predicted octanol–water partition coefficient (Wildman–Crippen LogP) is 2.05. The fourth-order valence-corrected chi connectivity index (χ4v) is 1.61. The Hall–Kier alpha value is -1.11. The van der Waals surface area contributed by atoms with Gasteiger partial charge in [0.2, 0.25) is 3.79 Å². The summed E-state index contributed by atoms with van der Waals surface area (Å²) >= 11 is 1.65. The molecule has 0 aliphatic carbocycles. The predicted molar refractivity (Wildman–Crippen MR) is 63.8 cm³/mol. The largest absolute Gasteiger partial charge is 0.453 e. The lowest BCUT2D eigenvalue weighted by molar-refractivity contribution is -0.111. The molecule has 0 fully saturated rings. The van der Waals surface area contributed by atoms with E-state index in [9.17, 15) is 9.59 Å². The van der Waals surface area contributed by atoms with E-state index in [1.165, 1.54) is 7.11 Å². The highest BCUT2D eigenvalue weighted by atomic mass is 127. The third-order valence-electron chi connectivity index (χ3n) is 1.81. The maximum atomic E-state index is 11.3. The molecule has 0 heterocycles. The van der Waals surface area contributed by atoms with E-state index >= 15 is 0 Å². The molecule has 1 unspecified atom stereocenters. The standard InChI is InChI=1S/C10H10INO3/c1-15-10(14)12-8(9(11)13)7-5-3-2-4-6-7/h2-6,8H,1H3,(H,12,14). The lowest BCUT2D eigenvalue weighted by Crippen LogP contribution is -2.31. The van der Waals surface area contributed by atoms with Gasteiger partial charge in [-0.05, 0) is 5.56 Å². The molecule has 0 saturated carbocycles. The molecule has 4 nitrogen and oxygen atoms in total. The fourth-order valence-electron chi connectivity index (χ4n) is 1.09. The second-order valence-electron chi connectivity index (χ2n) is 2.78. The van der Waals surface area contributed by atoms with Gasteiger partial charge in [0.15, 0.2) is 0 Å². The van der Waals surface area contributed by atoms with E-state index in [2.05, 4.69) is 10.1 Å². The maximum Gasteiger partial charge on any atom is 0.407 e. The number of amides is 1. The Bertz CT molecular complexity index is 353. The van der Waals surface area contributed by atoms with E-state index in [0.717, 1.165) is 5.56 Å². The number of benzene rings is 1. The van der Waals surface area contributed by atoms with Crippen molar-refractivity contribution in [1.82, 2.24) is 5.32 Å². The smallest absolute Gasteiger partial charge is 0.407 e. The third kappa shape index (κ3) is 3.50. The van der Waals surface area contributed by atoms with Crippen molar-refractivity contribution in [3.8, 4) is 0 Å². The van der Waals surface area contributed by atoms with Crippen LogP contribution in [0.4, 0.5) is 4.79 Å². The van der Waals surface area contributed by atoms with Crippen LogP contribution in [0.1, 0.15) is 11.6 Å². The minimum Gasteiger partial charge on any atom is -0.453 e. The average Bonchev–Trinajstić information content (AvgIpc) is 2.26. The van der Waals surface area contributed by atoms with Crippen LogP contribution in [0.5, 0.6) is 0 Å². The van der Waals surface area contributed by atoms with Crippen molar-refractivity contribution < 1.29 is 14.3 Å². The second-order valence-corrected chi connectivity index (χ2v) is 3.85. The molecule has 0 aromatic heterocycles. The monoisotopic (exact) mass is 319 g/mol. The summed E-state index contributed by atoms with van der Waals surface area (Å²) in [6.45, 7) is 0. The Kier molecular flexibility index (Phi) is 4.54. The summed E-state index contributed by atoms with van der Waals surface area (Å²) < 4.78 is 4.28. The van der Waals surface area contributed by atoms with Crippen molar-refractivity contribution in [2.45, 2.75) is 6.04 Å². The minimum atomic E-state index is -0.653. The van der Waals surface area contributed by atoms with Gasteiger partial charge in [0.25, 0.3) is 0 Å². The number of alkyl carbamates (subject to hydrolysis) is 1. The van der Waals surface area contributed by atoms with Crippen molar-refractivity contribution in [2.24, 2.45) is 0 Å². The van der Waals surface area contributed by atoms with Gasteiger partial charge in [-0.2, -0.15) is 0 Å². The Morgan fingerprint density at radius 3 is 2.40 bits per heavy atom. The van der Waals surface area contributed by atoms with E-state index < -0.39 is 12.1 Å². The van der Waals surface area contributed by atoms with Gasteiger partial charge < -0.3 is 10.1 Å². The molecule has 1 rings (SSSR count). The molecule has 0 spiro atoms. The van der Waals surface area contributed by atoms with Crippen LogP contribution in [-0.4, -0.2) is 17.0 Å². The number of hydrogen-bond acceptors (Lipinski definition) is 3. The molecule has 0 radical (unpaired) electrons. The first-order chi connectivity index (χ1) is 7.15. The molecule has 5 heteroatoms. The van der Waals surface area contributed by atoms with Gasteiger partial charge in [0, 0.05) is 22.6 Å². The average molecular weight is 319 g/mol. The van der Waals surface area contributed by atoms with Crippen LogP contribution in [0.15, 0.2) is 30.3 Å². The number of carbonyl (C=O) groups excluding carboxylic acids is 2. The molecule has 80 valence electrons. The summed E-state index contributed by atoms with van der Waals surface area (Å²) in [4.78, 5) is 22.3. The van der Waals surface area contributed by atoms with Gasteiger partial charge >= 0.3 is 6.09 Å². The number of hydrogen-bond donors (Lipinski definition) is 1. The molecule has 15 heavy (non-hydrogen) atoms. The van der Waals surface area contributed by atoms with E-state index in [-0.39, 0.29) is 3.79 Å². The first-order valence-electron chi connectivity index (χ1n) is 4.24. The quantitative estimate of drug-likeness (QED) is 0.685. The highest BCUT2D eigenvalue weighted by molar-refractivity contribution is 14.1. The molecule has 1 aromatic rings. The molecule has 1 aromatic carbocycles. The highest BCUT2D eigenvalue weighted by Gasteiger charge is 2.20. The number of nitrogens with one attached hydrogen (secondary N) is 1. The lowest BCUT2D eigenvalue weighted by Gasteiger charge is -2.13. The summed E-state index contributed by atoms with van der Waals surface area (Å²) in [7, 11) is 1.26. The Balaban J connectivity index is 2.84. The molecule has 1 N–H and O–H groups in total. The van der Waals surface area contributed by atoms with Crippen molar-refractivity contribution in [2.75, 3.05) is 7.11 Å². The molecule has 0 aliphatic heterocycles. The molecule has 0 aliphatic rings. The zero-order valence-corrected chi connectivity index (χ0v) is 10.2. The fraction of sp³-hybridized carbons (Fsp3) is 0.200. The van der Waals surface area contributed by atoms with Crippen LogP contribution in [0.25, 0.3) is 0 Å².